The summed E-state index contributed by atoms with van der Waals surface area (Å²) in [6.45, 7) is 7.22. The number of ether oxygens (including phenoxy) is 1. The Labute approximate surface area is 154 Å². The number of aromatic nitrogens is 2. The third-order valence-corrected chi connectivity index (χ3v) is 3.45. The third kappa shape index (κ3) is 5.37. The molecule has 2 aromatic rings. The van der Waals surface area contributed by atoms with E-state index in [-0.39, 0.29) is 12.2 Å². The highest BCUT2D eigenvalue weighted by Crippen LogP contribution is 2.22. The zero-order chi connectivity index (χ0) is 19.5. The van der Waals surface area contributed by atoms with Gasteiger partial charge < -0.3 is 9.64 Å². The van der Waals surface area contributed by atoms with E-state index in [4.69, 9.17) is 4.74 Å². The molecule has 0 aliphatic carbocycles. The molecule has 0 aliphatic rings. The molecule has 0 spiro atoms. The molecule has 6 nitrogen and oxygen atoms in total. The van der Waals surface area contributed by atoms with Gasteiger partial charge >= 0.3 is 5.97 Å². The summed E-state index contributed by atoms with van der Waals surface area (Å²) in [5, 5.41) is 0. The molecule has 1 heterocycles. The molecule has 0 N–H and O–H groups in total. The van der Waals surface area contributed by atoms with Gasteiger partial charge in [-0.1, -0.05) is 18.2 Å². The van der Waals surface area contributed by atoms with Crippen LogP contribution in [0.1, 0.15) is 43.2 Å². The lowest BCUT2D eigenvalue weighted by Crippen LogP contribution is -2.25. The van der Waals surface area contributed by atoms with E-state index in [0.29, 0.717) is 11.5 Å². The molecule has 0 fully saturated rings. The number of esters is 1. The molecule has 0 atom stereocenters. The van der Waals surface area contributed by atoms with Crippen LogP contribution in [0.15, 0.2) is 30.3 Å². The average molecular weight is 355 g/mol. The summed E-state index contributed by atoms with van der Waals surface area (Å²) < 4.78 is 5.22. The first-order valence-corrected chi connectivity index (χ1v) is 8.43. The number of ketones is 1. The van der Waals surface area contributed by atoms with Crippen LogP contribution in [0.2, 0.25) is 0 Å². The maximum atomic E-state index is 12.4. The number of carbonyl (C=O) groups excluding carboxylic acids is 2. The first kappa shape index (κ1) is 19.6. The molecular weight excluding hydrogens is 330 g/mol. The number of Topliss-reactive ketones (excluding diaryl/α,β-unsaturated/α-hetero) is 1. The van der Waals surface area contributed by atoms with E-state index in [2.05, 4.69) is 9.97 Å². The van der Waals surface area contributed by atoms with Gasteiger partial charge in [-0.2, -0.15) is 0 Å². The van der Waals surface area contributed by atoms with E-state index in [0.717, 1.165) is 17.0 Å². The van der Waals surface area contributed by atoms with E-state index in [9.17, 15) is 9.59 Å². The molecule has 6 heteroatoms. The van der Waals surface area contributed by atoms with Gasteiger partial charge in [0.15, 0.2) is 5.78 Å². The number of benzene rings is 1. The van der Waals surface area contributed by atoms with E-state index in [1.165, 1.54) is 0 Å². The number of aryl methyl sites for hydroxylation is 1. The second kappa shape index (κ2) is 7.64. The summed E-state index contributed by atoms with van der Waals surface area (Å²) in [6, 6.07) is 8.96. The van der Waals surface area contributed by atoms with Gasteiger partial charge in [0, 0.05) is 30.9 Å². The van der Waals surface area contributed by atoms with Crippen LogP contribution in [0.4, 0.5) is 5.95 Å². The highest BCUT2D eigenvalue weighted by Gasteiger charge is 2.20. The summed E-state index contributed by atoms with van der Waals surface area (Å²) >= 11 is 0. The molecule has 1 aromatic heterocycles. The number of nitrogens with zero attached hydrogens (tertiary/aromatic N) is 3. The van der Waals surface area contributed by atoms with Crippen LogP contribution < -0.4 is 4.90 Å². The second-order valence-corrected chi connectivity index (χ2v) is 7.36. The Morgan fingerprint density at radius 1 is 1.12 bits per heavy atom. The quantitative estimate of drug-likeness (QED) is 0.465. The smallest absolute Gasteiger partial charge is 0.314 e. The van der Waals surface area contributed by atoms with Crippen LogP contribution >= 0.6 is 0 Å². The first-order chi connectivity index (χ1) is 12.0. The van der Waals surface area contributed by atoms with Crippen LogP contribution in [0.5, 0.6) is 0 Å². The summed E-state index contributed by atoms with van der Waals surface area (Å²) in [5.74, 6) is -0.203. The maximum Gasteiger partial charge on any atom is 0.314 e. The number of hydrogen-bond donors (Lipinski definition) is 0. The van der Waals surface area contributed by atoms with Crippen LogP contribution in [0.25, 0.3) is 11.3 Å². The van der Waals surface area contributed by atoms with Gasteiger partial charge in [0.2, 0.25) is 5.95 Å². The molecule has 0 saturated carbocycles. The van der Waals surface area contributed by atoms with Gasteiger partial charge in [-0.05, 0) is 39.8 Å². The van der Waals surface area contributed by atoms with Gasteiger partial charge in [-0.25, -0.2) is 9.97 Å². The topological polar surface area (TPSA) is 72.4 Å². The number of carbonyl (C=O) groups is 2. The molecule has 0 bridgehead atoms. The van der Waals surface area contributed by atoms with E-state index in [1.54, 1.807) is 39.0 Å². The standard InChI is InChI=1S/C20H25N3O3/c1-13-10-16(22-19(21-13)23(5)6)14-8-7-9-15(11-14)17(24)12-18(25)26-20(2,3)4/h7-11H,12H2,1-6H3. The summed E-state index contributed by atoms with van der Waals surface area (Å²) in [4.78, 5) is 35.0. The van der Waals surface area contributed by atoms with Crippen LogP contribution in [0.3, 0.4) is 0 Å². The van der Waals surface area contributed by atoms with Crippen molar-refractivity contribution in [3.63, 3.8) is 0 Å². The normalized spacial score (nSPS) is 11.2. The molecular formula is C20H25N3O3. The predicted octanol–water partition coefficient (Wildman–Crippen LogP) is 3.43. The van der Waals surface area contributed by atoms with Gasteiger partial charge in [0.05, 0.1) is 5.69 Å². The lowest BCUT2D eigenvalue weighted by atomic mass is 10.0. The van der Waals surface area contributed by atoms with Crippen molar-refractivity contribution >= 4 is 17.7 Å². The van der Waals surface area contributed by atoms with E-state index in [1.807, 2.05) is 38.1 Å². The largest absolute Gasteiger partial charge is 0.460 e. The van der Waals surface area contributed by atoms with Crippen molar-refractivity contribution in [3.8, 4) is 11.3 Å². The van der Waals surface area contributed by atoms with E-state index < -0.39 is 11.6 Å². The van der Waals surface area contributed by atoms with Crippen LogP contribution in [-0.4, -0.2) is 41.4 Å². The average Bonchev–Trinajstić information content (AvgIpc) is 2.52. The molecule has 0 saturated heterocycles. The SMILES string of the molecule is Cc1cc(-c2cccc(C(=O)CC(=O)OC(C)(C)C)c2)nc(N(C)C)n1. The monoisotopic (exact) mass is 355 g/mol. The fourth-order valence-corrected chi connectivity index (χ4v) is 2.36. The Balaban J connectivity index is 2.25. The van der Waals surface area contributed by atoms with Crippen LogP contribution in [-0.2, 0) is 9.53 Å². The Kier molecular flexibility index (Phi) is 5.75. The fraction of sp³-hybridized carbons (Fsp3) is 0.400. The first-order valence-electron chi connectivity index (χ1n) is 8.43. The summed E-state index contributed by atoms with van der Waals surface area (Å²) in [6.07, 6.45) is -0.285. The summed E-state index contributed by atoms with van der Waals surface area (Å²) in [7, 11) is 3.75. The molecule has 1 aromatic carbocycles. The van der Waals surface area contributed by atoms with Gasteiger partial charge in [0.25, 0.3) is 0 Å². The number of hydrogen-bond acceptors (Lipinski definition) is 6. The van der Waals surface area contributed by atoms with Gasteiger partial charge in [-0.15, -0.1) is 0 Å². The molecule has 0 amide bonds. The predicted molar refractivity (Wildman–Crippen MR) is 101 cm³/mol. The Morgan fingerprint density at radius 2 is 1.81 bits per heavy atom. The lowest BCUT2D eigenvalue weighted by molar-refractivity contribution is -0.153. The minimum atomic E-state index is -0.611. The summed E-state index contributed by atoms with van der Waals surface area (Å²) in [5.41, 5.74) is 2.21. The van der Waals surface area contributed by atoms with Crippen molar-refractivity contribution in [3.05, 3.63) is 41.6 Å². The highest BCUT2D eigenvalue weighted by molar-refractivity contribution is 6.06. The molecule has 2 rings (SSSR count). The van der Waals surface area contributed by atoms with E-state index >= 15 is 0 Å². The lowest BCUT2D eigenvalue weighted by Gasteiger charge is -2.19. The van der Waals surface area contributed by atoms with Crippen molar-refractivity contribution in [1.82, 2.24) is 9.97 Å². The molecule has 0 unspecified atom stereocenters. The molecule has 0 radical (unpaired) electrons. The van der Waals surface area contributed by atoms with Crippen molar-refractivity contribution in [2.45, 2.75) is 39.7 Å². The second-order valence-electron chi connectivity index (χ2n) is 7.36. The van der Waals surface area contributed by atoms with Crippen molar-refractivity contribution in [2.24, 2.45) is 0 Å². The fourth-order valence-electron chi connectivity index (χ4n) is 2.36. The Morgan fingerprint density at radius 3 is 2.42 bits per heavy atom. The number of anilines is 1. The van der Waals surface area contributed by atoms with Gasteiger partial charge in [-0.3, -0.25) is 9.59 Å². The molecule has 138 valence electrons. The zero-order valence-corrected chi connectivity index (χ0v) is 16.2. The Hall–Kier alpha value is -2.76. The third-order valence-electron chi connectivity index (χ3n) is 3.45. The maximum absolute atomic E-state index is 12.4. The van der Waals surface area contributed by atoms with Crippen LogP contribution in [0, 0.1) is 6.92 Å². The molecule has 0 aliphatic heterocycles. The highest BCUT2D eigenvalue weighted by atomic mass is 16.6. The minimum absolute atomic E-state index is 0.278. The number of rotatable bonds is 5. The Bertz CT molecular complexity index is 823. The van der Waals surface area contributed by atoms with Gasteiger partial charge in [0.1, 0.15) is 12.0 Å². The van der Waals surface area contributed by atoms with Crippen molar-refractivity contribution < 1.29 is 14.3 Å². The zero-order valence-electron chi connectivity index (χ0n) is 16.2. The van der Waals surface area contributed by atoms with Crippen molar-refractivity contribution in [1.29, 1.82) is 0 Å². The minimum Gasteiger partial charge on any atom is -0.460 e. The van der Waals surface area contributed by atoms with Crippen molar-refractivity contribution in [2.75, 3.05) is 19.0 Å². The molecule has 26 heavy (non-hydrogen) atoms.